The number of hydrogen-bond donors (Lipinski definition) is 1. The van der Waals surface area contributed by atoms with Crippen molar-refractivity contribution in [3.8, 4) is 0 Å². The second kappa shape index (κ2) is 6.33. The summed E-state index contributed by atoms with van der Waals surface area (Å²) in [6, 6.07) is 9.19. The number of nitrogens with zero attached hydrogens (tertiary/aromatic N) is 1. The van der Waals surface area contributed by atoms with E-state index in [1.54, 1.807) is 18.2 Å². The molecule has 4 heteroatoms. The Balaban J connectivity index is 2.31. The molecule has 0 saturated carbocycles. The van der Waals surface area contributed by atoms with E-state index in [4.69, 9.17) is 11.6 Å². The molecule has 0 radical (unpaired) electrons. The zero-order valence-electron chi connectivity index (χ0n) is 11.9. The van der Waals surface area contributed by atoms with Crippen molar-refractivity contribution in [2.45, 2.75) is 26.3 Å². The molecule has 1 heterocycles. The van der Waals surface area contributed by atoms with Gasteiger partial charge < -0.3 is 5.32 Å². The molecule has 1 unspecified atom stereocenters. The molecule has 0 saturated heterocycles. The van der Waals surface area contributed by atoms with Crippen LogP contribution in [0.3, 0.4) is 0 Å². The maximum absolute atomic E-state index is 14.0. The summed E-state index contributed by atoms with van der Waals surface area (Å²) >= 11 is 5.83. The molecular weight excluding hydrogens is 275 g/mol. The first-order valence-electron chi connectivity index (χ1n) is 6.56. The van der Waals surface area contributed by atoms with Gasteiger partial charge in [-0.05, 0) is 56.6 Å². The Bertz CT molecular complexity index is 593. The fraction of sp³-hybridized carbons (Fsp3) is 0.312. The Kier molecular flexibility index (Phi) is 4.73. The number of aromatic nitrogens is 1. The zero-order valence-corrected chi connectivity index (χ0v) is 12.6. The average molecular weight is 293 g/mol. The van der Waals surface area contributed by atoms with Crippen molar-refractivity contribution in [3.05, 3.63) is 63.7 Å². The monoisotopic (exact) mass is 292 g/mol. The maximum Gasteiger partial charge on any atom is 0.145 e. The summed E-state index contributed by atoms with van der Waals surface area (Å²) in [6.07, 6.45) is 0.547. The van der Waals surface area contributed by atoms with Crippen LogP contribution in [0.25, 0.3) is 0 Å². The van der Waals surface area contributed by atoms with Gasteiger partial charge in [0.25, 0.3) is 0 Å². The Hall–Kier alpha value is -1.45. The van der Waals surface area contributed by atoms with Crippen molar-refractivity contribution in [2.75, 3.05) is 7.05 Å². The highest BCUT2D eigenvalue weighted by Crippen LogP contribution is 2.24. The van der Waals surface area contributed by atoms with E-state index in [1.807, 2.05) is 33.0 Å². The Morgan fingerprint density at radius 3 is 2.50 bits per heavy atom. The molecule has 1 atom stereocenters. The van der Waals surface area contributed by atoms with E-state index in [-0.39, 0.29) is 16.9 Å². The molecule has 0 aliphatic carbocycles. The molecule has 2 aromatic rings. The first-order valence-corrected chi connectivity index (χ1v) is 6.94. The molecule has 1 N–H and O–H groups in total. The lowest BCUT2D eigenvalue weighted by Crippen LogP contribution is -2.20. The lowest BCUT2D eigenvalue weighted by Gasteiger charge is -2.18. The highest BCUT2D eigenvalue weighted by atomic mass is 35.5. The number of hydrogen-bond acceptors (Lipinski definition) is 2. The number of benzene rings is 1. The van der Waals surface area contributed by atoms with Gasteiger partial charge in [-0.3, -0.25) is 4.98 Å². The summed E-state index contributed by atoms with van der Waals surface area (Å²) in [5.41, 5.74) is 3.65. The molecule has 1 aromatic carbocycles. The predicted octanol–water partition coefficient (Wildman–Crippen LogP) is 3.99. The molecule has 0 fully saturated rings. The molecule has 1 aromatic heterocycles. The zero-order chi connectivity index (χ0) is 14.7. The third kappa shape index (κ3) is 3.35. The van der Waals surface area contributed by atoms with E-state index in [1.165, 1.54) is 0 Å². The number of nitrogens with one attached hydrogen (secondary N) is 1. The average Bonchev–Trinajstić information content (AvgIpc) is 2.39. The molecule has 2 nitrogen and oxygen atoms in total. The van der Waals surface area contributed by atoms with Gasteiger partial charge in [0.05, 0.1) is 5.02 Å². The van der Waals surface area contributed by atoms with E-state index >= 15 is 0 Å². The van der Waals surface area contributed by atoms with Gasteiger partial charge in [0.15, 0.2) is 0 Å². The van der Waals surface area contributed by atoms with Gasteiger partial charge in [0.2, 0.25) is 0 Å². The normalized spacial score (nSPS) is 12.4. The number of pyridine rings is 1. The summed E-state index contributed by atoms with van der Waals surface area (Å²) in [7, 11) is 1.87. The maximum atomic E-state index is 14.0. The Morgan fingerprint density at radius 2 is 1.90 bits per heavy atom. The Morgan fingerprint density at radius 1 is 1.25 bits per heavy atom. The second-order valence-corrected chi connectivity index (χ2v) is 5.35. The topological polar surface area (TPSA) is 24.9 Å². The third-order valence-electron chi connectivity index (χ3n) is 3.31. The molecule has 0 amide bonds. The quantitative estimate of drug-likeness (QED) is 0.921. The molecule has 0 bridgehead atoms. The minimum absolute atomic E-state index is 0.0309. The number of likely N-dealkylation sites (N-methyl/N-ethyl adjacent to an activating group) is 1. The van der Waals surface area contributed by atoms with Crippen LogP contribution in [0, 0.1) is 19.7 Å². The van der Waals surface area contributed by atoms with Crippen LogP contribution >= 0.6 is 11.6 Å². The van der Waals surface area contributed by atoms with Crippen LogP contribution in [-0.2, 0) is 6.42 Å². The molecule has 20 heavy (non-hydrogen) atoms. The lowest BCUT2D eigenvalue weighted by atomic mass is 9.98. The molecule has 0 spiro atoms. The summed E-state index contributed by atoms with van der Waals surface area (Å²) in [4.78, 5) is 4.37. The highest BCUT2D eigenvalue weighted by molar-refractivity contribution is 6.30. The van der Waals surface area contributed by atoms with Crippen LogP contribution in [-0.4, -0.2) is 12.0 Å². The fourth-order valence-corrected chi connectivity index (χ4v) is 2.57. The lowest BCUT2D eigenvalue weighted by molar-refractivity contribution is 0.553. The van der Waals surface area contributed by atoms with Gasteiger partial charge in [0.1, 0.15) is 5.82 Å². The smallest absolute Gasteiger partial charge is 0.145 e. The SMILES string of the molecule is CNC(Cc1cccc(Cl)c1F)c1cc(C)nc(C)c1. The van der Waals surface area contributed by atoms with E-state index in [0.29, 0.717) is 12.0 Å². The van der Waals surface area contributed by atoms with Gasteiger partial charge in [0, 0.05) is 17.4 Å². The highest BCUT2D eigenvalue weighted by Gasteiger charge is 2.15. The summed E-state index contributed by atoms with van der Waals surface area (Å²) in [6.45, 7) is 3.92. The van der Waals surface area contributed by atoms with Crippen molar-refractivity contribution in [3.63, 3.8) is 0 Å². The first-order chi connectivity index (χ1) is 9.51. The van der Waals surface area contributed by atoms with E-state index in [9.17, 15) is 4.39 Å². The summed E-state index contributed by atoms with van der Waals surface area (Å²) in [5, 5.41) is 3.40. The van der Waals surface area contributed by atoms with Gasteiger partial charge >= 0.3 is 0 Å². The summed E-state index contributed by atoms with van der Waals surface area (Å²) < 4.78 is 14.0. The van der Waals surface area contributed by atoms with E-state index < -0.39 is 0 Å². The van der Waals surface area contributed by atoms with Crippen LogP contribution in [0.5, 0.6) is 0 Å². The fourth-order valence-electron chi connectivity index (χ4n) is 2.38. The van der Waals surface area contributed by atoms with Gasteiger partial charge in [-0.15, -0.1) is 0 Å². The number of aryl methyl sites for hydroxylation is 2. The van der Waals surface area contributed by atoms with Crippen molar-refractivity contribution in [1.29, 1.82) is 0 Å². The van der Waals surface area contributed by atoms with Crippen LogP contribution in [0.1, 0.15) is 28.6 Å². The van der Waals surface area contributed by atoms with Gasteiger partial charge in [-0.2, -0.15) is 0 Å². The minimum Gasteiger partial charge on any atom is -0.313 e. The van der Waals surface area contributed by atoms with Crippen LogP contribution in [0.4, 0.5) is 4.39 Å². The molecule has 106 valence electrons. The van der Waals surface area contributed by atoms with Crippen molar-refractivity contribution >= 4 is 11.6 Å². The minimum atomic E-state index is -0.336. The summed E-state index contributed by atoms with van der Waals surface area (Å²) in [5.74, 6) is -0.336. The largest absolute Gasteiger partial charge is 0.313 e. The standard InChI is InChI=1S/C16H18ClFN2/c1-10-7-13(8-11(2)20-10)15(19-3)9-12-5-4-6-14(17)16(12)18/h4-8,15,19H,9H2,1-3H3. The van der Waals surface area contributed by atoms with Crippen molar-refractivity contribution in [2.24, 2.45) is 0 Å². The number of halogens is 2. The predicted molar refractivity (Wildman–Crippen MR) is 80.6 cm³/mol. The first kappa shape index (κ1) is 14.9. The van der Waals surface area contributed by atoms with Crippen molar-refractivity contribution < 1.29 is 4.39 Å². The Labute approximate surface area is 124 Å². The van der Waals surface area contributed by atoms with E-state index in [0.717, 1.165) is 17.0 Å². The van der Waals surface area contributed by atoms with Gasteiger partial charge in [-0.1, -0.05) is 23.7 Å². The van der Waals surface area contributed by atoms with Crippen LogP contribution < -0.4 is 5.32 Å². The molecular formula is C16H18ClFN2. The molecule has 0 aliphatic heterocycles. The van der Waals surface area contributed by atoms with Crippen LogP contribution in [0.15, 0.2) is 30.3 Å². The third-order valence-corrected chi connectivity index (χ3v) is 3.60. The van der Waals surface area contributed by atoms with E-state index in [2.05, 4.69) is 10.3 Å². The molecule has 0 aliphatic rings. The van der Waals surface area contributed by atoms with Crippen molar-refractivity contribution in [1.82, 2.24) is 10.3 Å². The molecule has 2 rings (SSSR count). The number of rotatable bonds is 4. The van der Waals surface area contributed by atoms with Crippen LogP contribution in [0.2, 0.25) is 5.02 Å². The second-order valence-electron chi connectivity index (χ2n) is 4.94. The van der Waals surface area contributed by atoms with Gasteiger partial charge in [-0.25, -0.2) is 4.39 Å².